The molecule has 0 unspecified atom stereocenters. The Balaban J connectivity index is 0.00000529. The van der Waals surface area contributed by atoms with Crippen molar-refractivity contribution in [3.05, 3.63) is 0 Å². The van der Waals surface area contributed by atoms with Crippen molar-refractivity contribution in [2.24, 2.45) is 0 Å². The molecule has 0 aromatic heterocycles. The van der Waals surface area contributed by atoms with E-state index in [0.29, 0.717) is 0 Å². The number of hydrogen-bond donors (Lipinski definition) is 9. The molecule has 0 aromatic rings. The molecule has 1 heterocycles. The number of rotatable bonds is 8. The molecule has 0 aliphatic carbocycles. The van der Waals surface area contributed by atoms with E-state index >= 15 is 0 Å². The number of aliphatic hydroxyl groups is 9. The van der Waals surface area contributed by atoms with Gasteiger partial charge < -0.3 is 55.4 Å². The summed E-state index contributed by atoms with van der Waals surface area (Å²) in [5, 5.41) is 84.9. The molecule has 24 heavy (non-hydrogen) atoms. The third-order valence-corrected chi connectivity index (χ3v) is 3.62. The zero-order chi connectivity index (χ0) is 17.7. The minimum absolute atomic E-state index is 0. The minimum atomic E-state index is -1.85. The van der Waals surface area contributed by atoms with Crippen molar-refractivity contribution in [2.45, 2.75) is 55.1 Å². The van der Waals surface area contributed by atoms with Crippen molar-refractivity contribution < 1.29 is 72.5 Å². The smallest absolute Gasteiger partial charge is 0.187 e. The van der Waals surface area contributed by atoms with Crippen molar-refractivity contribution in [1.82, 2.24) is 0 Å². The molecule has 0 aromatic carbocycles. The van der Waals surface area contributed by atoms with Crippen LogP contribution in [0.1, 0.15) is 0 Å². The maximum atomic E-state index is 9.83. The first-order valence-corrected chi connectivity index (χ1v) is 7.00. The van der Waals surface area contributed by atoms with E-state index in [1.54, 1.807) is 0 Å². The zero-order valence-electron chi connectivity index (χ0n) is 12.5. The van der Waals surface area contributed by atoms with Crippen LogP contribution in [0.2, 0.25) is 0 Å². The normalized spacial score (nSPS) is 35.6. The van der Waals surface area contributed by atoms with E-state index in [4.69, 9.17) is 24.8 Å². The monoisotopic (exact) mass is 400 g/mol. The van der Waals surface area contributed by atoms with Gasteiger partial charge in [-0.3, -0.25) is 0 Å². The number of hydrogen-bond acceptors (Lipinski definition) is 11. The van der Waals surface area contributed by atoms with Crippen LogP contribution in [0.5, 0.6) is 0 Å². The summed E-state index contributed by atoms with van der Waals surface area (Å²) >= 11 is 0. The molecular weight excluding hydrogens is 376 g/mol. The Morgan fingerprint density at radius 3 is 1.83 bits per heavy atom. The van der Waals surface area contributed by atoms with Gasteiger partial charge in [0.05, 0.1) is 19.8 Å². The van der Waals surface area contributed by atoms with Crippen LogP contribution in [-0.4, -0.2) is 121 Å². The predicted molar refractivity (Wildman–Crippen MR) is 70.8 cm³/mol. The topological polar surface area (TPSA) is 201 Å². The third-order valence-electron chi connectivity index (χ3n) is 3.62. The van der Waals surface area contributed by atoms with Gasteiger partial charge in [-0.05, 0) is 0 Å². The molecule has 0 saturated carbocycles. The van der Waals surface area contributed by atoms with E-state index in [0.717, 1.165) is 0 Å². The average molecular weight is 400 g/mol. The van der Waals surface area contributed by atoms with Gasteiger partial charge >= 0.3 is 0 Å². The van der Waals surface area contributed by atoms with E-state index < -0.39 is 74.9 Å². The number of aliphatic hydroxyl groups excluding tert-OH is 9. The molecule has 1 aliphatic rings. The van der Waals surface area contributed by atoms with Crippen LogP contribution in [0, 0.1) is 0 Å². The minimum Gasteiger partial charge on any atom is -0.394 e. The SMILES string of the molecule is OC[C@@H](O)[C@@H](O[C@H]1O[C@H](CO)[C@@H](O)[C@H](O)[C@H]1O)[C@H](O)[C@@H](O)CO.[Fe]. The number of ether oxygens (including phenoxy) is 2. The molecule has 0 bridgehead atoms. The fraction of sp³-hybridized carbons (Fsp3) is 1.00. The van der Waals surface area contributed by atoms with Gasteiger partial charge in [0.2, 0.25) is 0 Å². The Labute approximate surface area is 148 Å². The Kier molecular flexibility index (Phi) is 11.0. The van der Waals surface area contributed by atoms with Crippen molar-refractivity contribution in [2.75, 3.05) is 19.8 Å². The van der Waals surface area contributed by atoms with Gasteiger partial charge in [-0.2, -0.15) is 0 Å². The molecule has 11 nitrogen and oxygen atoms in total. The fourth-order valence-electron chi connectivity index (χ4n) is 2.16. The Morgan fingerprint density at radius 2 is 1.38 bits per heavy atom. The van der Waals surface area contributed by atoms with Crippen LogP contribution in [0.4, 0.5) is 0 Å². The molecule has 146 valence electrons. The summed E-state index contributed by atoms with van der Waals surface area (Å²) in [4.78, 5) is 0. The summed E-state index contributed by atoms with van der Waals surface area (Å²) in [7, 11) is 0. The molecule has 0 amide bonds. The first kappa shape index (κ1) is 24.1. The summed E-state index contributed by atoms with van der Waals surface area (Å²) in [6.07, 6.45) is -15.1. The van der Waals surface area contributed by atoms with Crippen LogP contribution in [0.15, 0.2) is 0 Å². The molecule has 1 saturated heterocycles. The molecule has 1 rings (SSSR count). The van der Waals surface area contributed by atoms with E-state index in [-0.39, 0.29) is 17.1 Å². The molecule has 1 fully saturated rings. The average Bonchev–Trinajstić information content (AvgIpc) is 2.57. The second-order valence-electron chi connectivity index (χ2n) is 5.29. The molecule has 9 N–H and O–H groups in total. The van der Waals surface area contributed by atoms with Crippen LogP contribution in [0.3, 0.4) is 0 Å². The van der Waals surface area contributed by atoms with Crippen LogP contribution >= 0.6 is 0 Å². The fourth-order valence-corrected chi connectivity index (χ4v) is 2.16. The van der Waals surface area contributed by atoms with Crippen molar-refractivity contribution in [3.8, 4) is 0 Å². The quantitative estimate of drug-likeness (QED) is 0.176. The van der Waals surface area contributed by atoms with Crippen molar-refractivity contribution in [1.29, 1.82) is 0 Å². The van der Waals surface area contributed by atoms with E-state index in [2.05, 4.69) is 0 Å². The van der Waals surface area contributed by atoms with Gasteiger partial charge in [0.15, 0.2) is 6.29 Å². The first-order valence-electron chi connectivity index (χ1n) is 7.00. The largest absolute Gasteiger partial charge is 0.394 e. The van der Waals surface area contributed by atoms with E-state index in [9.17, 15) is 30.6 Å². The Hall–Kier alpha value is 0.0795. The molecule has 0 radical (unpaired) electrons. The van der Waals surface area contributed by atoms with Gasteiger partial charge in [0.1, 0.15) is 48.8 Å². The maximum Gasteiger partial charge on any atom is 0.187 e. The molecular formula is C12H24FeO11. The molecule has 1 aliphatic heterocycles. The summed E-state index contributed by atoms with van der Waals surface area (Å²) in [5.41, 5.74) is 0. The summed E-state index contributed by atoms with van der Waals surface area (Å²) in [5.74, 6) is 0. The van der Waals surface area contributed by atoms with Gasteiger partial charge in [0.25, 0.3) is 0 Å². The van der Waals surface area contributed by atoms with Gasteiger partial charge in [-0.1, -0.05) is 0 Å². The second-order valence-corrected chi connectivity index (χ2v) is 5.29. The van der Waals surface area contributed by atoms with Gasteiger partial charge in [-0.25, -0.2) is 0 Å². The third kappa shape index (κ3) is 5.54. The van der Waals surface area contributed by atoms with Crippen LogP contribution in [-0.2, 0) is 26.5 Å². The second kappa shape index (κ2) is 10.9. The molecule has 12 heteroatoms. The Morgan fingerprint density at radius 1 is 0.833 bits per heavy atom. The van der Waals surface area contributed by atoms with Gasteiger partial charge in [0, 0.05) is 17.1 Å². The van der Waals surface area contributed by atoms with Gasteiger partial charge in [-0.15, -0.1) is 0 Å². The molecule has 0 spiro atoms. The van der Waals surface area contributed by atoms with Crippen LogP contribution < -0.4 is 0 Å². The summed E-state index contributed by atoms with van der Waals surface area (Å²) in [6.45, 7) is -2.45. The predicted octanol–water partition coefficient (Wildman–Crippen LogP) is -5.76. The first-order chi connectivity index (χ1) is 10.8. The molecule has 9 atom stereocenters. The summed E-state index contributed by atoms with van der Waals surface area (Å²) < 4.78 is 10.1. The van der Waals surface area contributed by atoms with E-state index in [1.165, 1.54) is 0 Å². The Bertz CT molecular complexity index is 347. The van der Waals surface area contributed by atoms with E-state index in [1.807, 2.05) is 0 Å². The summed E-state index contributed by atoms with van der Waals surface area (Å²) in [6, 6.07) is 0. The van der Waals surface area contributed by atoms with Crippen LogP contribution in [0.25, 0.3) is 0 Å². The van der Waals surface area contributed by atoms with Crippen molar-refractivity contribution >= 4 is 0 Å². The van der Waals surface area contributed by atoms with Crippen molar-refractivity contribution in [3.63, 3.8) is 0 Å². The maximum absolute atomic E-state index is 9.83. The zero-order valence-corrected chi connectivity index (χ0v) is 13.6. The standard InChI is InChI=1S/C12H24O11.Fe/c13-1-4(16)7(18)11(5(17)2-14)23-12-10(21)9(20)8(19)6(3-15)22-12;/h4-21H,1-3H2;/t4-,5+,6+,7+,8+,9-,10+,11+,12+;/m0./s1.